The fourth-order valence-corrected chi connectivity index (χ4v) is 2.07. The van der Waals surface area contributed by atoms with Crippen molar-refractivity contribution < 1.29 is 9.64 Å². The molecular weight excluding hydrogens is 274 g/mol. The summed E-state index contributed by atoms with van der Waals surface area (Å²) in [7, 11) is 0. The molecule has 0 bridgehead atoms. The molecule has 1 aromatic rings. The molecule has 1 aromatic heterocycles. The van der Waals surface area contributed by atoms with Crippen LogP contribution in [0.2, 0.25) is 0 Å². The van der Waals surface area contributed by atoms with E-state index in [0.29, 0.717) is 5.11 Å². The molecule has 2 heterocycles. The first-order valence-corrected chi connectivity index (χ1v) is 7.13. The Morgan fingerprint density at radius 2 is 2.15 bits per heavy atom. The molecule has 1 saturated heterocycles. The lowest BCUT2D eigenvalue weighted by Crippen LogP contribution is -3.14. The molecule has 1 aliphatic rings. The van der Waals surface area contributed by atoms with Crippen LogP contribution in [0.5, 0.6) is 0 Å². The molecule has 7 heteroatoms. The molecule has 1 aliphatic heterocycles. The van der Waals surface area contributed by atoms with E-state index in [1.165, 1.54) is 0 Å². The number of quaternary nitrogens is 1. The molecule has 0 saturated carbocycles. The van der Waals surface area contributed by atoms with Crippen LogP contribution in [-0.4, -0.2) is 55.7 Å². The van der Waals surface area contributed by atoms with E-state index in [2.05, 4.69) is 20.8 Å². The van der Waals surface area contributed by atoms with Crippen LogP contribution in [0.25, 0.3) is 0 Å². The molecule has 0 spiro atoms. The Balaban J connectivity index is 1.59. The Morgan fingerprint density at radius 1 is 1.40 bits per heavy atom. The van der Waals surface area contributed by atoms with Crippen molar-refractivity contribution in [3.05, 3.63) is 30.1 Å². The minimum absolute atomic E-state index is 0.544. The molecule has 3 N–H and O–H groups in total. The third-order valence-electron chi connectivity index (χ3n) is 3.05. The number of ether oxygens (including phenoxy) is 1. The number of rotatable bonds is 5. The number of nitrogens with one attached hydrogen (secondary N) is 3. The first kappa shape index (κ1) is 14.8. The van der Waals surface area contributed by atoms with Crippen LogP contribution in [0.1, 0.15) is 5.56 Å². The van der Waals surface area contributed by atoms with Crippen molar-refractivity contribution in [3.63, 3.8) is 0 Å². The normalized spacial score (nSPS) is 16.2. The molecule has 0 radical (unpaired) electrons. The predicted octanol–water partition coefficient (Wildman–Crippen LogP) is -1.21. The fraction of sp³-hybridized carbons (Fsp3) is 0.462. The van der Waals surface area contributed by atoms with Gasteiger partial charge >= 0.3 is 0 Å². The summed E-state index contributed by atoms with van der Waals surface area (Å²) in [5.74, 6) is 0. The highest BCUT2D eigenvalue weighted by molar-refractivity contribution is 7.80. The average molecular weight is 294 g/mol. The van der Waals surface area contributed by atoms with Gasteiger partial charge in [-0.3, -0.25) is 10.4 Å². The van der Waals surface area contributed by atoms with E-state index in [1.54, 1.807) is 23.5 Å². The molecule has 20 heavy (non-hydrogen) atoms. The van der Waals surface area contributed by atoms with Crippen molar-refractivity contribution in [2.75, 3.05) is 39.4 Å². The fourth-order valence-electron chi connectivity index (χ4n) is 1.92. The lowest BCUT2D eigenvalue weighted by atomic mass is 10.3. The van der Waals surface area contributed by atoms with Crippen molar-refractivity contribution in [1.29, 1.82) is 0 Å². The lowest BCUT2D eigenvalue weighted by Gasteiger charge is -2.23. The molecule has 0 aliphatic carbocycles. The van der Waals surface area contributed by atoms with Crippen molar-refractivity contribution in [3.8, 4) is 0 Å². The summed E-state index contributed by atoms with van der Waals surface area (Å²) in [6.45, 7) is 5.73. The molecule has 0 unspecified atom stereocenters. The van der Waals surface area contributed by atoms with E-state index in [0.717, 1.165) is 45.0 Å². The van der Waals surface area contributed by atoms with Gasteiger partial charge in [-0.2, -0.15) is 5.10 Å². The highest BCUT2D eigenvalue weighted by Gasteiger charge is 2.12. The first-order valence-electron chi connectivity index (χ1n) is 6.73. The van der Waals surface area contributed by atoms with Gasteiger partial charge in [0.15, 0.2) is 5.11 Å². The Kier molecular flexibility index (Phi) is 6.36. The molecule has 1 fully saturated rings. The van der Waals surface area contributed by atoms with Crippen molar-refractivity contribution in [2.24, 2.45) is 5.10 Å². The Bertz CT molecular complexity index is 434. The molecule has 0 atom stereocenters. The SMILES string of the molecule is S=C(NCC[NH+]1CCOCC1)N/N=C\c1ccncc1. The largest absolute Gasteiger partial charge is 0.370 e. The number of hydrogen-bond acceptors (Lipinski definition) is 4. The van der Waals surface area contributed by atoms with Crippen LogP contribution in [0.3, 0.4) is 0 Å². The summed E-state index contributed by atoms with van der Waals surface area (Å²) < 4.78 is 5.32. The van der Waals surface area contributed by atoms with Crippen LogP contribution >= 0.6 is 12.2 Å². The zero-order valence-corrected chi connectivity index (χ0v) is 12.2. The molecular formula is C13H20N5OS+. The monoisotopic (exact) mass is 294 g/mol. The minimum Gasteiger partial charge on any atom is -0.370 e. The summed E-state index contributed by atoms with van der Waals surface area (Å²) in [5, 5.41) is 7.77. The van der Waals surface area contributed by atoms with Crippen LogP contribution in [0.4, 0.5) is 0 Å². The van der Waals surface area contributed by atoms with Crippen LogP contribution in [0.15, 0.2) is 29.6 Å². The van der Waals surface area contributed by atoms with Gasteiger partial charge in [-0.25, -0.2) is 0 Å². The summed E-state index contributed by atoms with van der Waals surface area (Å²) in [6, 6.07) is 3.76. The van der Waals surface area contributed by atoms with Crippen molar-refractivity contribution in [1.82, 2.24) is 15.7 Å². The Labute approximate surface area is 124 Å². The van der Waals surface area contributed by atoms with Gasteiger partial charge in [-0.05, 0) is 29.9 Å². The van der Waals surface area contributed by atoms with Gasteiger partial charge in [0.25, 0.3) is 0 Å². The minimum atomic E-state index is 0.544. The molecule has 6 nitrogen and oxygen atoms in total. The van der Waals surface area contributed by atoms with E-state index >= 15 is 0 Å². The van der Waals surface area contributed by atoms with Crippen LogP contribution in [-0.2, 0) is 4.74 Å². The van der Waals surface area contributed by atoms with Crippen molar-refractivity contribution >= 4 is 23.5 Å². The number of morpholine rings is 1. The molecule has 108 valence electrons. The summed E-state index contributed by atoms with van der Waals surface area (Å²) >= 11 is 5.15. The maximum atomic E-state index is 5.32. The van der Waals surface area contributed by atoms with E-state index in [4.69, 9.17) is 17.0 Å². The third kappa shape index (κ3) is 5.60. The van der Waals surface area contributed by atoms with E-state index < -0.39 is 0 Å². The zero-order valence-electron chi connectivity index (χ0n) is 11.3. The van der Waals surface area contributed by atoms with Crippen molar-refractivity contribution in [2.45, 2.75) is 0 Å². The topological polar surface area (TPSA) is 63.0 Å². The number of thiocarbonyl (C=S) groups is 1. The average Bonchev–Trinajstić information content (AvgIpc) is 2.49. The second kappa shape index (κ2) is 8.57. The highest BCUT2D eigenvalue weighted by atomic mass is 32.1. The van der Waals surface area contributed by atoms with Gasteiger partial charge in [-0.15, -0.1) is 0 Å². The second-order valence-electron chi connectivity index (χ2n) is 4.52. The van der Waals surface area contributed by atoms with Gasteiger partial charge in [0.2, 0.25) is 0 Å². The number of pyridine rings is 1. The maximum absolute atomic E-state index is 5.32. The molecule has 2 rings (SSSR count). The smallest absolute Gasteiger partial charge is 0.187 e. The first-order chi connectivity index (χ1) is 9.84. The van der Waals surface area contributed by atoms with Crippen LogP contribution in [0, 0.1) is 0 Å². The number of hydrogen-bond donors (Lipinski definition) is 3. The van der Waals surface area contributed by atoms with Crippen LogP contribution < -0.4 is 15.6 Å². The summed E-state index contributed by atoms with van der Waals surface area (Å²) in [6.07, 6.45) is 5.16. The van der Waals surface area contributed by atoms with E-state index in [1.807, 2.05) is 12.1 Å². The summed E-state index contributed by atoms with van der Waals surface area (Å²) in [4.78, 5) is 5.49. The van der Waals surface area contributed by atoms with Gasteiger partial charge in [-0.1, -0.05) is 0 Å². The predicted molar refractivity (Wildman–Crippen MR) is 82.0 cm³/mol. The Hall–Kier alpha value is -1.57. The van der Waals surface area contributed by atoms with E-state index in [9.17, 15) is 0 Å². The van der Waals surface area contributed by atoms with E-state index in [-0.39, 0.29) is 0 Å². The van der Waals surface area contributed by atoms with Gasteiger partial charge in [0.05, 0.1) is 32.5 Å². The zero-order chi connectivity index (χ0) is 14.0. The third-order valence-corrected chi connectivity index (χ3v) is 3.29. The molecule has 0 aromatic carbocycles. The molecule has 0 amide bonds. The number of hydrazone groups is 1. The Morgan fingerprint density at radius 3 is 2.90 bits per heavy atom. The number of nitrogens with zero attached hydrogens (tertiary/aromatic N) is 2. The van der Waals surface area contributed by atoms with Gasteiger partial charge in [0.1, 0.15) is 13.1 Å². The maximum Gasteiger partial charge on any atom is 0.187 e. The summed E-state index contributed by atoms with van der Waals surface area (Å²) in [5.41, 5.74) is 3.78. The van der Waals surface area contributed by atoms with Gasteiger partial charge in [0, 0.05) is 12.4 Å². The second-order valence-corrected chi connectivity index (χ2v) is 4.93. The number of aromatic nitrogens is 1. The quantitative estimate of drug-likeness (QED) is 0.362. The van der Waals surface area contributed by atoms with Gasteiger partial charge < -0.3 is 15.0 Å². The highest BCUT2D eigenvalue weighted by Crippen LogP contribution is 1.89. The lowest BCUT2D eigenvalue weighted by molar-refractivity contribution is -0.906. The standard InChI is InChI=1S/C13H19N5OS/c20-13(15-5-6-18-7-9-19-10-8-18)17-16-11-12-1-3-14-4-2-12/h1-4,11H,5-10H2,(H2,15,17,20)/p+1/b16-11-.